The van der Waals surface area contributed by atoms with Gasteiger partial charge in [0.2, 0.25) is 0 Å². The lowest BCUT2D eigenvalue weighted by Gasteiger charge is -2.12. The number of para-hydroxylation sites is 1. The number of hydrogen-bond acceptors (Lipinski definition) is 5. The molecule has 0 aliphatic rings. The van der Waals surface area contributed by atoms with Gasteiger partial charge in [0.25, 0.3) is 11.8 Å². The maximum absolute atomic E-state index is 12.5. The molecule has 0 bridgehead atoms. The van der Waals surface area contributed by atoms with Gasteiger partial charge >= 0.3 is 5.97 Å². The van der Waals surface area contributed by atoms with E-state index in [1.165, 1.54) is 6.07 Å². The Hall–Kier alpha value is -3.17. The first-order valence-corrected chi connectivity index (χ1v) is 11.4. The fourth-order valence-corrected chi connectivity index (χ4v) is 3.61. The number of nitrogens with one attached hydrogen (secondary N) is 2. The van der Waals surface area contributed by atoms with Gasteiger partial charge in [-0.15, -0.1) is 0 Å². The normalized spacial score (nSPS) is 10.3. The van der Waals surface area contributed by atoms with Crippen molar-refractivity contribution in [2.45, 2.75) is 6.92 Å². The number of aryl methyl sites for hydroxylation is 1. The molecule has 0 heterocycles. The summed E-state index contributed by atoms with van der Waals surface area (Å²) in [4.78, 5) is 36.9. The van der Waals surface area contributed by atoms with E-state index in [0.717, 1.165) is 14.5 Å². The summed E-state index contributed by atoms with van der Waals surface area (Å²) in [5.41, 5.74) is 2.33. The highest BCUT2D eigenvalue weighted by atomic mass is 79.9. The second-order valence-corrected chi connectivity index (χ2v) is 8.72. The SMILES string of the molecule is Cc1ccc(NC(=O)COC(=O)c2ccccc2OCC(=O)Nc2ccc(Br)cc2)c(Br)c1. The summed E-state index contributed by atoms with van der Waals surface area (Å²) in [6.07, 6.45) is 0. The third-order valence-corrected chi connectivity index (χ3v) is 5.51. The average Bonchev–Trinajstić information content (AvgIpc) is 2.79. The zero-order valence-electron chi connectivity index (χ0n) is 17.6. The van der Waals surface area contributed by atoms with Crippen LogP contribution in [0.15, 0.2) is 75.7 Å². The van der Waals surface area contributed by atoms with Crippen molar-refractivity contribution in [3.8, 4) is 5.75 Å². The van der Waals surface area contributed by atoms with Crippen LogP contribution in [0.2, 0.25) is 0 Å². The van der Waals surface area contributed by atoms with Crippen LogP contribution in [0.1, 0.15) is 15.9 Å². The van der Waals surface area contributed by atoms with Crippen LogP contribution in [0.3, 0.4) is 0 Å². The minimum Gasteiger partial charge on any atom is -0.483 e. The Morgan fingerprint density at radius 1 is 0.848 bits per heavy atom. The molecule has 0 unspecified atom stereocenters. The highest BCUT2D eigenvalue weighted by molar-refractivity contribution is 9.10. The fourth-order valence-electron chi connectivity index (χ4n) is 2.75. The standard InChI is InChI=1S/C24H20Br2N2O5/c1-15-6-11-20(19(26)12-15)28-23(30)14-33-24(31)18-4-2-3-5-21(18)32-13-22(29)27-17-9-7-16(25)8-10-17/h2-12H,13-14H2,1H3,(H,27,29)(H,28,30). The topological polar surface area (TPSA) is 93.7 Å². The third kappa shape index (κ3) is 7.44. The van der Waals surface area contributed by atoms with Crippen LogP contribution in [0, 0.1) is 6.92 Å². The van der Waals surface area contributed by atoms with Crippen molar-refractivity contribution in [2.75, 3.05) is 23.8 Å². The van der Waals surface area contributed by atoms with E-state index in [1.54, 1.807) is 48.5 Å². The maximum atomic E-state index is 12.5. The van der Waals surface area contributed by atoms with Crippen molar-refractivity contribution in [2.24, 2.45) is 0 Å². The third-order valence-electron chi connectivity index (χ3n) is 4.33. The molecule has 7 nitrogen and oxygen atoms in total. The Morgan fingerprint density at radius 3 is 2.27 bits per heavy atom. The summed E-state index contributed by atoms with van der Waals surface area (Å²) in [6.45, 7) is 1.15. The first-order valence-electron chi connectivity index (χ1n) is 9.82. The van der Waals surface area contributed by atoms with E-state index in [4.69, 9.17) is 9.47 Å². The van der Waals surface area contributed by atoms with Crippen molar-refractivity contribution in [3.05, 3.63) is 86.8 Å². The summed E-state index contributed by atoms with van der Waals surface area (Å²) in [6, 6.07) is 18.9. The van der Waals surface area contributed by atoms with Crippen LogP contribution in [0.4, 0.5) is 11.4 Å². The van der Waals surface area contributed by atoms with Crippen molar-refractivity contribution < 1.29 is 23.9 Å². The second kappa shape index (κ2) is 11.6. The molecule has 33 heavy (non-hydrogen) atoms. The number of rotatable bonds is 8. The molecule has 9 heteroatoms. The summed E-state index contributed by atoms with van der Waals surface area (Å²) in [5.74, 6) is -1.43. The van der Waals surface area contributed by atoms with Crippen LogP contribution < -0.4 is 15.4 Å². The van der Waals surface area contributed by atoms with Crippen LogP contribution in [0.5, 0.6) is 5.75 Å². The smallest absolute Gasteiger partial charge is 0.342 e. The van der Waals surface area contributed by atoms with Gasteiger partial charge in [-0.05, 0) is 76.9 Å². The molecular formula is C24H20Br2N2O5. The monoisotopic (exact) mass is 574 g/mol. The van der Waals surface area contributed by atoms with Gasteiger partial charge in [-0.25, -0.2) is 4.79 Å². The van der Waals surface area contributed by atoms with Gasteiger partial charge < -0.3 is 20.1 Å². The molecule has 3 rings (SSSR count). The van der Waals surface area contributed by atoms with Crippen LogP contribution in [-0.2, 0) is 14.3 Å². The van der Waals surface area contributed by atoms with Gasteiger partial charge in [-0.2, -0.15) is 0 Å². The van der Waals surface area contributed by atoms with E-state index in [1.807, 2.05) is 19.1 Å². The van der Waals surface area contributed by atoms with Crippen molar-refractivity contribution >= 4 is 61.0 Å². The molecule has 2 N–H and O–H groups in total. The first-order chi connectivity index (χ1) is 15.8. The molecule has 0 saturated heterocycles. The minimum absolute atomic E-state index is 0.109. The van der Waals surface area contributed by atoms with Crippen LogP contribution in [0.25, 0.3) is 0 Å². The molecule has 3 aromatic rings. The van der Waals surface area contributed by atoms with Crippen molar-refractivity contribution in [3.63, 3.8) is 0 Å². The zero-order valence-corrected chi connectivity index (χ0v) is 20.7. The Labute approximate surface area is 207 Å². The van der Waals surface area contributed by atoms with E-state index in [-0.39, 0.29) is 23.8 Å². The van der Waals surface area contributed by atoms with E-state index in [2.05, 4.69) is 42.5 Å². The Kier molecular flexibility index (Phi) is 8.62. The van der Waals surface area contributed by atoms with E-state index in [9.17, 15) is 14.4 Å². The molecule has 0 fully saturated rings. The molecule has 0 spiro atoms. The number of hydrogen-bond donors (Lipinski definition) is 2. The van der Waals surface area contributed by atoms with Gasteiger partial charge in [-0.1, -0.05) is 34.1 Å². The highest BCUT2D eigenvalue weighted by Crippen LogP contribution is 2.23. The molecule has 3 aromatic carbocycles. The molecule has 0 saturated carbocycles. The van der Waals surface area contributed by atoms with E-state index >= 15 is 0 Å². The van der Waals surface area contributed by atoms with Gasteiger partial charge in [0.15, 0.2) is 13.2 Å². The molecule has 170 valence electrons. The van der Waals surface area contributed by atoms with Crippen molar-refractivity contribution in [1.29, 1.82) is 0 Å². The van der Waals surface area contributed by atoms with Gasteiger partial charge in [0, 0.05) is 14.6 Å². The summed E-state index contributed by atoms with van der Waals surface area (Å²) < 4.78 is 12.3. The lowest BCUT2D eigenvalue weighted by Crippen LogP contribution is -2.23. The Morgan fingerprint density at radius 2 is 1.55 bits per heavy atom. The summed E-state index contributed by atoms with van der Waals surface area (Å²) in [5, 5.41) is 5.38. The second-order valence-electron chi connectivity index (χ2n) is 6.95. The zero-order chi connectivity index (χ0) is 23.8. The number of carbonyl (C=O) groups excluding carboxylic acids is 3. The summed E-state index contributed by atoms with van der Waals surface area (Å²) >= 11 is 6.71. The molecule has 0 aliphatic carbocycles. The summed E-state index contributed by atoms with van der Waals surface area (Å²) in [7, 11) is 0. The van der Waals surface area contributed by atoms with Crippen molar-refractivity contribution in [1.82, 2.24) is 0 Å². The number of ether oxygens (including phenoxy) is 2. The van der Waals surface area contributed by atoms with Gasteiger partial charge in [0.05, 0.1) is 5.69 Å². The first kappa shape index (κ1) is 24.5. The lowest BCUT2D eigenvalue weighted by molar-refractivity contribution is -0.119. The Balaban J connectivity index is 1.54. The number of esters is 1. The molecule has 0 radical (unpaired) electrons. The molecule has 0 aromatic heterocycles. The lowest BCUT2D eigenvalue weighted by atomic mass is 10.2. The molecular weight excluding hydrogens is 556 g/mol. The predicted octanol–water partition coefficient (Wildman–Crippen LogP) is 5.33. The van der Waals surface area contributed by atoms with E-state index in [0.29, 0.717) is 11.4 Å². The number of anilines is 2. The predicted molar refractivity (Wildman–Crippen MR) is 132 cm³/mol. The minimum atomic E-state index is -0.739. The molecule has 0 aliphatic heterocycles. The maximum Gasteiger partial charge on any atom is 0.342 e. The largest absolute Gasteiger partial charge is 0.483 e. The average molecular weight is 576 g/mol. The fraction of sp³-hybridized carbons (Fsp3) is 0.125. The van der Waals surface area contributed by atoms with Crippen LogP contribution >= 0.6 is 31.9 Å². The number of halogens is 2. The van der Waals surface area contributed by atoms with Crippen LogP contribution in [-0.4, -0.2) is 31.0 Å². The number of benzene rings is 3. The quantitative estimate of drug-likeness (QED) is 0.354. The van der Waals surface area contributed by atoms with Gasteiger partial charge in [0.1, 0.15) is 11.3 Å². The Bertz CT molecular complexity index is 1170. The number of carbonyl (C=O) groups is 3. The molecule has 2 amide bonds. The van der Waals surface area contributed by atoms with Gasteiger partial charge in [-0.3, -0.25) is 9.59 Å². The number of amides is 2. The molecule has 0 atom stereocenters. The van der Waals surface area contributed by atoms with E-state index < -0.39 is 18.5 Å². The highest BCUT2D eigenvalue weighted by Gasteiger charge is 2.17.